The lowest BCUT2D eigenvalue weighted by Gasteiger charge is -2.12. The lowest BCUT2D eigenvalue weighted by Crippen LogP contribution is -2.00. The average molecular weight is 440 g/mol. The Hall–Kier alpha value is -3.55. The van der Waals surface area contributed by atoms with Gasteiger partial charge in [-0.05, 0) is 37.6 Å². The number of hydrogen-bond acceptors (Lipinski definition) is 6. The Morgan fingerprint density at radius 3 is 2.31 bits per heavy atom. The highest BCUT2D eigenvalue weighted by atomic mass is 16.5. The van der Waals surface area contributed by atoms with E-state index in [1.807, 2.05) is 29.7 Å². The summed E-state index contributed by atoms with van der Waals surface area (Å²) in [6, 6.07) is 8.90. The summed E-state index contributed by atoms with van der Waals surface area (Å²) in [7, 11) is 4.43. The van der Waals surface area contributed by atoms with Gasteiger partial charge in [0.05, 0.1) is 32.4 Å². The van der Waals surface area contributed by atoms with Gasteiger partial charge in [0.2, 0.25) is 11.6 Å². The molecule has 0 fully saturated rings. The van der Waals surface area contributed by atoms with Gasteiger partial charge in [-0.1, -0.05) is 31.4 Å². The number of nitrogens with zero attached hydrogens (tertiary/aromatic N) is 3. The predicted octanol–water partition coefficient (Wildman–Crippen LogP) is 5.80. The van der Waals surface area contributed by atoms with Gasteiger partial charge in [-0.25, -0.2) is 0 Å². The number of hydrogen-bond donors (Lipinski definition) is 1. The first kappa shape index (κ1) is 23.1. The van der Waals surface area contributed by atoms with E-state index in [0.717, 1.165) is 35.7 Å². The Morgan fingerprint density at radius 2 is 1.72 bits per heavy atom. The Balaban J connectivity index is 2.00. The molecule has 0 saturated carbocycles. The molecule has 3 aromatic rings. The smallest absolute Gasteiger partial charge is 0.295 e. The lowest BCUT2D eigenvalue weighted by atomic mass is 10.1. The number of carbonyl (C=O) groups is 1. The Morgan fingerprint density at radius 1 is 1.03 bits per heavy atom. The van der Waals surface area contributed by atoms with Gasteiger partial charge in [0, 0.05) is 11.9 Å². The zero-order chi connectivity index (χ0) is 23.3. The molecule has 2 aromatic carbocycles. The molecule has 32 heavy (non-hydrogen) atoms. The van der Waals surface area contributed by atoms with Crippen molar-refractivity contribution < 1.29 is 24.1 Å². The van der Waals surface area contributed by atoms with Crippen LogP contribution < -0.4 is 14.2 Å². The molecule has 0 atom stereocenters. The van der Waals surface area contributed by atoms with Crippen molar-refractivity contribution >= 4 is 22.5 Å². The Bertz CT molecular complexity index is 1130. The fourth-order valence-corrected chi connectivity index (χ4v) is 3.64. The van der Waals surface area contributed by atoms with Crippen LogP contribution in [0.1, 0.15) is 42.1 Å². The van der Waals surface area contributed by atoms with Crippen molar-refractivity contribution in [3.8, 4) is 23.1 Å². The summed E-state index contributed by atoms with van der Waals surface area (Å²) in [5, 5.41) is 19.6. The van der Waals surface area contributed by atoms with E-state index in [1.54, 1.807) is 0 Å². The molecule has 1 amide bonds. The molecule has 0 bridgehead atoms. The standard InChI is InChI=1S/C24H29N3O5/c1-6-7-8-11-27-18-10-9-15(2)12-17(18)21(24(27)29)25-26-23(28)16-13-19(30-3)22(32-5)20(14-16)31-4/h9-10,12-14,29H,6-8,11H2,1-5H3. The maximum Gasteiger partial charge on any atom is 0.295 e. The lowest BCUT2D eigenvalue weighted by molar-refractivity contribution is 0.0994. The maximum absolute atomic E-state index is 12.8. The summed E-state index contributed by atoms with van der Waals surface area (Å²) in [5.41, 5.74) is 2.39. The van der Waals surface area contributed by atoms with E-state index < -0.39 is 5.91 Å². The van der Waals surface area contributed by atoms with Crippen molar-refractivity contribution in [2.24, 2.45) is 10.2 Å². The third-order valence-electron chi connectivity index (χ3n) is 5.30. The fraction of sp³-hybridized carbons (Fsp3) is 0.375. The van der Waals surface area contributed by atoms with Crippen molar-refractivity contribution in [1.29, 1.82) is 0 Å². The molecule has 0 unspecified atom stereocenters. The molecule has 8 heteroatoms. The highest BCUT2D eigenvalue weighted by Gasteiger charge is 2.19. The monoisotopic (exact) mass is 439 g/mol. The molecule has 0 spiro atoms. The highest BCUT2D eigenvalue weighted by Crippen LogP contribution is 2.41. The van der Waals surface area contributed by atoms with Crippen molar-refractivity contribution in [2.45, 2.75) is 39.7 Å². The molecule has 1 heterocycles. The molecular weight excluding hydrogens is 410 g/mol. The molecule has 0 saturated heterocycles. The second-order valence-corrected chi connectivity index (χ2v) is 7.47. The molecule has 0 radical (unpaired) electrons. The largest absolute Gasteiger partial charge is 0.493 e. The second kappa shape index (κ2) is 10.2. The van der Waals surface area contributed by atoms with Gasteiger partial charge < -0.3 is 23.9 Å². The van der Waals surface area contributed by atoms with Gasteiger partial charge in [0.1, 0.15) is 0 Å². The molecule has 8 nitrogen and oxygen atoms in total. The summed E-state index contributed by atoms with van der Waals surface area (Å²) >= 11 is 0. The number of ether oxygens (including phenoxy) is 3. The summed E-state index contributed by atoms with van der Waals surface area (Å²) in [6.07, 6.45) is 3.07. The van der Waals surface area contributed by atoms with E-state index in [9.17, 15) is 9.90 Å². The number of methoxy groups -OCH3 is 3. The van der Waals surface area contributed by atoms with Gasteiger partial charge in [-0.3, -0.25) is 4.79 Å². The number of carbonyl (C=O) groups excluding carboxylic acids is 1. The average Bonchev–Trinajstić information content (AvgIpc) is 3.06. The van der Waals surface area contributed by atoms with Crippen LogP contribution in [0.2, 0.25) is 0 Å². The number of aromatic hydroxyl groups is 1. The van der Waals surface area contributed by atoms with Crippen molar-refractivity contribution in [2.75, 3.05) is 21.3 Å². The first-order chi connectivity index (χ1) is 15.4. The van der Waals surface area contributed by atoms with Gasteiger partial charge in [0.25, 0.3) is 5.91 Å². The number of fused-ring (bicyclic) bond motifs is 1. The van der Waals surface area contributed by atoms with Crippen LogP contribution in [0.3, 0.4) is 0 Å². The first-order valence-corrected chi connectivity index (χ1v) is 10.5. The molecule has 0 aliphatic heterocycles. The van der Waals surface area contributed by atoms with E-state index in [4.69, 9.17) is 14.2 Å². The van der Waals surface area contributed by atoms with Gasteiger partial charge >= 0.3 is 0 Å². The minimum absolute atomic E-state index is 0.00291. The van der Waals surface area contributed by atoms with E-state index in [0.29, 0.717) is 23.8 Å². The van der Waals surface area contributed by atoms with Crippen LogP contribution in [0, 0.1) is 6.92 Å². The van der Waals surface area contributed by atoms with Gasteiger partial charge in [-0.15, -0.1) is 10.2 Å². The normalized spacial score (nSPS) is 11.3. The molecule has 3 rings (SSSR count). The number of unbranched alkanes of at least 4 members (excludes halogenated alkanes) is 2. The highest BCUT2D eigenvalue weighted by molar-refractivity contribution is 5.98. The first-order valence-electron chi connectivity index (χ1n) is 10.5. The summed E-state index contributed by atoms with van der Waals surface area (Å²) in [6.45, 7) is 4.76. The number of rotatable bonds is 9. The predicted molar refractivity (Wildman–Crippen MR) is 123 cm³/mol. The van der Waals surface area contributed by atoms with E-state index in [2.05, 4.69) is 17.2 Å². The van der Waals surface area contributed by atoms with Crippen LogP contribution in [-0.2, 0) is 6.54 Å². The van der Waals surface area contributed by atoms with Crippen LogP contribution in [0.15, 0.2) is 40.6 Å². The van der Waals surface area contributed by atoms with Crippen molar-refractivity contribution in [1.82, 2.24) is 4.57 Å². The summed E-state index contributed by atoms with van der Waals surface area (Å²) in [5.74, 6) is 0.478. The summed E-state index contributed by atoms with van der Waals surface area (Å²) < 4.78 is 17.7. The van der Waals surface area contributed by atoms with Crippen molar-refractivity contribution in [3.63, 3.8) is 0 Å². The van der Waals surface area contributed by atoms with Crippen molar-refractivity contribution in [3.05, 3.63) is 41.5 Å². The van der Waals surface area contributed by atoms with E-state index in [-0.39, 0.29) is 17.1 Å². The topological polar surface area (TPSA) is 94.6 Å². The third kappa shape index (κ3) is 4.54. The molecular formula is C24H29N3O5. The van der Waals surface area contributed by atoms with Crippen LogP contribution in [0.25, 0.3) is 10.9 Å². The number of aromatic nitrogens is 1. The minimum Gasteiger partial charge on any atom is -0.493 e. The molecule has 1 aromatic heterocycles. The molecule has 1 N–H and O–H groups in total. The van der Waals surface area contributed by atoms with Crippen LogP contribution in [0.5, 0.6) is 23.1 Å². The Labute approximate surface area is 187 Å². The van der Waals surface area contributed by atoms with Gasteiger partial charge in [0.15, 0.2) is 17.2 Å². The van der Waals surface area contributed by atoms with E-state index >= 15 is 0 Å². The van der Waals surface area contributed by atoms with Crippen LogP contribution in [0.4, 0.5) is 5.69 Å². The zero-order valence-electron chi connectivity index (χ0n) is 19.1. The number of aryl methyl sites for hydroxylation is 2. The fourth-order valence-electron chi connectivity index (χ4n) is 3.64. The Kier molecular flexibility index (Phi) is 7.35. The SMILES string of the molecule is CCCCCn1c(O)c(N=NC(=O)c2cc(OC)c(OC)c(OC)c2)c2cc(C)ccc21. The zero-order valence-corrected chi connectivity index (χ0v) is 19.1. The molecule has 170 valence electrons. The number of azo groups is 1. The van der Waals surface area contributed by atoms with Gasteiger partial charge in [-0.2, -0.15) is 0 Å². The van der Waals surface area contributed by atoms with E-state index in [1.165, 1.54) is 33.5 Å². The van der Waals surface area contributed by atoms with Crippen LogP contribution in [-0.4, -0.2) is 36.9 Å². The second-order valence-electron chi connectivity index (χ2n) is 7.47. The summed E-state index contributed by atoms with van der Waals surface area (Å²) in [4.78, 5) is 12.8. The molecule has 0 aliphatic carbocycles. The third-order valence-corrected chi connectivity index (χ3v) is 5.30. The number of amides is 1. The number of benzene rings is 2. The quantitative estimate of drug-likeness (QED) is 0.336. The maximum atomic E-state index is 12.8. The minimum atomic E-state index is -0.594. The van der Waals surface area contributed by atoms with Crippen LogP contribution >= 0.6 is 0 Å². The molecule has 0 aliphatic rings.